The maximum absolute atomic E-state index is 13.2. The van der Waals surface area contributed by atoms with Gasteiger partial charge in [0.1, 0.15) is 5.82 Å². The van der Waals surface area contributed by atoms with Crippen molar-refractivity contribution in [2.24, 2.45) is 0 Å². The van der Waals surface area contributed by atoms with Gasteiger partial charge in [0.2, 0.25) is 15.8 Å². The first-order chi connectivity index (χ1) is 11.6. The first-order valence-electron chi connectivity index (χ1n) is 6.81. The van der Waals surface area contributed by atoms with Gasteiger partial charge in [-0.2, -0.15) is 0 Å². The van der Waals surface area contributed by atoms with E-state index in [1.165, 1.54) is 38.4 Å². The van der Waals surface area contributed by atoms with E-state index in [-0.39, 0.29) is 10.5 Å². The average molecular weight is 368 g/mol. The van der Waals surface area contributed by atoms with Crippen molar-refractivity contribution in [3.63, 3.8) is 0 Å². The summed E-state index contributed by atoms with van der Waals surface area (Å²) < 4.78 is 43.0. The van der Waals surface area contributed by atoms with E-state index in [0.717, 1.165) is 22.5 Å². The number of benzene rings is 2. The molecule has 10 heteroatoms. The molecule has 0 N–H and O–H groups in total. The third-order valence-corrected chi connectivity index (χ3v) is 5.02. The number of sulfonamides is 1. The largest absolute Gasteiger partial charge is 0.415 e. The van der Waals surface area contributed by atoms with E-state index < -0.39 is 38.2 Å². The Morgan fingerprint density at radius 3 is 2.28 bits per heavy atom. The van der Waals surface area contributed by atoms with Crippen molar-refractivity contribution in [1.29, 1.82) is 0 Å². The van der Waals surface area contributed by atoms with Gasteiger partial charge in [-0.1, -0.05) is 0 Å². The Hall–Kier alpha value is -2.85. The molecular weight excluding hydrogens is 355 g/mol. The standard InChI is InChI=1S/C15H13FN2O6S/c1-17(2)25(22,23)12-6-3-10(4-7-12)15(19)24-14-9-11(16)5-8-13(14)18(20)21/h3-9H,1-2H3. The highest BCUT2D eigenvalue weighted by Gasteiger charge is 2.21. The first-order valence-corrected chi connectivity index (χ1v) is 8.25. The summed E-state index contributed by atoms with van der Waals surface area (Å²) in [7, 11) is -0.936. The molecule has 0 saturated heterocycles. The number of ether oxygens (including phenoxy) is 1. The van der Waals surface area contributed by atoms with Crippen molar-refractivity contribution in [3.8, 4) is 5.75 Å². The van der Waals surface area contributed by atoms with Crippen LogP contribution in [0.15, 0.2) is 47.4 Å². The molecule has 0 amide bonds. The van der Waals surface area contributed by atoms with E-state index in [2.05, 4.69) is 0 Å². The van der Waals surface area contributed by atoms with Crippen molar-refractivity contribution < 1.29 is 27.3 Å². The van der Waals surface area contributed by atoms with E-state index in [0.29, 0.717) is 0 Å². The van der Waals surface area contributed by atoms with E-state index in [4.69, 9.17) is 4.74 Å². The molecule has 2 aromatic carbocycles. The third-order valence-electron chi connectivity index (χ3n) is 3.19. The monoisotopic (exact) mass is 368 g/mol. The summed E-state index contributed by atoms with van der Waals surface area (Å²) in [5.41, 5.74) is -0.613. The third kappa shape index (κ3) is 3.98. The lowest BCUT2D eigenvalue weighted by atomic mass is 10.2. The van der Waals surface area contributed by atoms with Crippen LogP contribution in [0.1, 0.15) is 10.4 Å². The normalized spacial score (nSPS) is 11.4. The molecule has 0 heterocycles. The molecule has 8 nitrogen and oxygen atoms in total. The van der Waals surface area contributed by atoms with Gasteiger partial charge in [-0.3, -0.25) is 10.1 Å². The molecule has 2 aromatic rings. The molecule has 0 radical (unpaired) electrons. The van der Waals surface area contributed by atoms with Crippen LogP contribution in [0, 0.1) is 15.9 Å². The molecule has 0 saturated carbocycles. The zero-order chi connectivity index (χ0) is 18.8. The molecule has 0 aliphatic rings. The van der Waals surface area contributed by atoms with Gasteiger partial charge in [-0.05, 0) is 30.3 Å². The number of nitro groups is 1. The number of carbonyl (C=O) groups excluding carboxylic acids is 1. The maximum atomic E-state index is 13.2. The Morgan fingerprint density at radius 2 is 1.76 bits per heavy atom. The minimum Gasteiger partial charge on any atom is -0.415 e. The molecule has 0 aliphatic carbocycles. The molecule has 0 aliphatic heterocycles. The summed E-state index contributed by atoms with van der Waals surface area (Å²) in [6.07, 6.45) is 0. The van der Waals surface area contributed by atoms with Crippen LogP contribution in [0.2, 0.25) is 0 Å². The predicted molar refractivity (Wildman–Crippen MR) is 85.3 cm³/mol. The van der Waals surface area contributed by atoms with Gasteiger partial charge in [0, 0.05) is 26.2 Å². The molecule has 0 spiro atoms. The highest BCUT2D eigenvalue weighted by Crippen LogP contribution is 2.28. The minimum absolute atomic E-state index is 0.0363. The Balaban J connectivity index is 2.28. The number of hydrogen-bond acceptors (Lipinski definition) is 6. The highest BCUT2D eigenvalue weighted by atomic mass is 32.2. The van der Waals surface area contributed by atoms with Crippen molar-refractivity contribution >= 4 is 21.7 Å². The summed E-state index contributed by atoms with van der Waals surface area (Å²) in [5.74, 6) is -2.33. The van der Waals surface area contributed by atoms with Crippen LogP contribution in [-0.4, -0.2) is 37.7 Å². The second-order valence-electron chi connectivity index (χ2n) is 5.07. The van der Waals surface area contributed by atoms with Crippen LogP contribution in [0.4, 0.5) is 10.1 Å². The van der Waals surface area contributed by atoms with Gasteiger partial charge in [-0.25, -0.2) is 21.9 Å². The first kappa shape index (κ1) is 18.5. The van der Waals surface area contributed by atoms with Crippen LogP contribution in [-0.2, 0) is 10.0 Å². The molecule has 2 rings (SSSR count). The summed E-state index contributed by atoms with van der Waals surface area (Å²) in [5, 5.41) is 10.9. The number of esters is 1. The van der Waals surface area contributed by atoms with E-state index in [1.807, 2.05) is 0 Å². The molecule has 0 fully saturated rings. The molecule has 0 bridgehead atoms. The van der Waals surface area contributed by atoms with Crippen LogP contribution < -0.4 is 4.74 Å². The van der Waals surface area contributed by atoms with Crippen molar-refractivity contribution in [2.75, 3.05) is 14.1 Å². The zero-order valence-corrected chi connectivity index (χ0v) is 14.0. The summed E-state index contributed by atoms with van der Waals surface area (Å²) in [4.78, 5) is 22.1. The van der Waals surface area contributed by atoms with Crippen molar-refractivity contribution in [2.45, 2.75) is 4.90 Å². The summed E-state index contributed by atoms with van der Waals surface area (Å²) in [6.45, 7) is 0. The maximum Gasteiger partial charge on any atom is 0.343 e. The fraction of sp³-hybridized carbons (Fsp3) is 0.133. The van der Waals surface area contributed by atoms with Gasteiger partial charge in [0.05, 0.1) is 15.4 Å². The van der Waals surface area contributed by atoms with Crippen LogP contribution in [0.5, 0.6) is 5.75 Å². The smallest absolute Gasteiger partial charge is 0.343 e. The molecule has 25 heavy (non-hydrogen) atoms. The Kier molecular flexibility index (Phi) is 5.14. The van der Waals surface area contributed by atoms with Gasteiger partial charge in [-0.15, -0.1) is 0 Å². The number of nitro benzene ring substituents is 1. The van der Waals surface area contributed by atoms with Crippen LogP contribution in [0.3, 0.4) is 0 Å². The van der Waals surface area contributed by atoms with Gasteiger partial charge < -0.3 is 4.74 Å². The summed E-state index contributed by atoms with van der Waals surface area (Å²) in [6, 6.07) is 7.27. The van der Waals surface area contributed by atoms with E-state index in [1.54, 1.807) is 0 Å². The fourth-order valence-electron chi connectivity index (χ4n) is 1.85. The van der Waals surface area contributed by atoms with Crippen molar-refractivity contribution in [3.05, 3.63) is 64.0 Å². The summed E-state index contributed by atoms with van der Waals surface area (Å²) >= 11 is 0. The lowest BCUT2D eigenvalue weighted by Gasteiger charge is -2.11. The van der Waals surface area contributed by atoms with Gasteiger partial charge in [0.25, 0.3) is 0 Å². The number of carbonyl (C=O) groups is 1. The SMILES string of the molecule is CN(C)S(=O)(=O)c1ccc(C(=O)Oc2cc(F)ccc2[N+](=O)[O-])cc1. The minimum atomic E-state index is -3.66. The topological polar surface area (TPSA) is 107 Å². The Morgan fingerprint density at radius 1 is 1.16 bits per heavy atom. The molecule has 0 aromatic heterocycles. The number of hydrogen-bond donors (Lipinski definition) is 0. The Labute approximate surface area is 142 Å². The Bertz CT molecular complexity index is 926. The van der Waals surface area contributed by atoms with Crippen molar-refractivity contribution in [1.82, 2.24) is 4.31 Å². The number of halogens is 1. The predicted octanol–water partition coefficient (Wildman–Crippen LogP) is 2.20. The molecule has 132 valence electrons. The van der Waals surface area contributed by atoms with E-state index in [9.17, 15) is 27.7 Å². The highest BCUT2D eigenvalue weighted by molar-refractivity contribution is 7.89. The average Bonchev–Trinajstić information content (AvgIpc) is 2.54. The van der Waals surface area contributed by atoms with E-state index >= 15 is 0 Å². The second-order valence-corrected chi connectivity index (χ2v) is 7.22. The lowest BCUT2D eigenvalue weighted by molar-refractivity contribution is -0.385. The van der Waals surface area contributed by atoms with Crippen LogP contribution in [0.25, 0.3) is 0 Å². The number of rotatable bonds is 5. The quantitative estimate of drug-likeness (QED) is 0.347. The second kappa shape index (κ2) is 6.95. The molecule has 0 atom stereocenters. The zero-order valence-electron chi connectivity index (χ0n) is 13.2. The molecule has 0 unspecified atom stereocenters. The van der Waals surface area contributed by atoms with Gasteiger partial charge >= 0.3 is 11.7 Å². The van der Waals surface area contributed by atoms with Crippen LogP contribution >= 0.6 is 0 Å². The number of nitrogens with zero attached hydrogens (tertiary/aromatic N) is 2. The fourth-order valence-corrected chi connectivity index (χ4v) is 2.75. The lowest BCUT2D eigenvalue weighted by Crippen LogP contribution is -2.22. The van der Waals surface area contributed by atoms with Gasteiger partial charge in [0.15, 0.2) is 0 Å². The molecular formula is C15H13FN2O6S.